The molecule has 2 fully saturated rings. The van der Waals surface area contributed by atoms with Gasteiger partial charge in [-0.25, -0.2) is 9.18 Å². The number of halogens is 1. The van der Waals surface area contributed by atoms with E-state index in [1.54, 1.807) is 24.3 Å². The molecular formula is C29H35FN4O4. The fourth-order valence-electron chi connectivity index (χ4n) is 5.45. The maximum absolute atomic E-state index is 13.3. The molecule has 0 unspecified atom stereocenters. The van der Waals surface area contributed by atoms with Crippen LogP contribution in [0.25, 0.3) is 0 Å². The number of nitrogens with one attached hydrogen (secondary N) is 3. The average molecular weight is 523 g/mol. The normalized spacial score (nSPS) is 21.9. The minimum atomic E-state index is -0.386. The average Bonchev–Trinajstić information content (AvgIpc) is 2.86. The van der Waals surface area contributed by atoms with Crippen LogP contribution in [0.5, 0.6) is 0 Å². The van der Waals surface area contributed by atoms with Gasteiger partial charge in [-0.2, -0.15) is 0 Å². The van der Waals surface area contributed by atoms with E-state index in [0.29, 0.717) is 42.9 Å². The maximum atomic E-state index is 13.3. The molecule has 202 valence electrons. The zero-order chi connectivity index (χ0) is 27.2. The smallest absolute Gasteiger partial charge is 0.319 e. The molecule has 8 nitrogen and oxygen atoms in total. The Hall–Kier alpha value is -3.59. The number of benzene rings is 2. The molecule has 2 aromatic carbocycles. The van der Waals surface area contributed by atoms with Gasteiger partial charge in [-0.15, -0.1) is 0 Å². The molecular weight excluding hydrogens is 487 g/mol. The molecule has 1 aliphatic heterocycles. The molecule has 2 aliphatic rings. The molecule has 1 saturated carbocycles. The van der Waals surface area contributed by atoms with Crippen molar-refractivity contribution >= 4 is 29.2 Å². The third kappa shape index (κ3) is 7.47. The van der Waals surface area contributed by atoms with Crippen molar-refractivity contribution < 1.29 is 23.6 Å². The summed E-state index contributed by atoms with van der Waals surface area (Å²) in [6.07, 6.45) is 4.47. The molecule has 9 heteroatoms. The standard InChI is InChI=1S/C29H35FN4O4/c1-18(35)22-12-23(19(2)36)14-25(13-22)32-29(38)33-27-6-4-3-5-21(27)15-34-16-26(31-28(37)17-34)11-20-7-9-24(30)10-8-20/h7-10,12-14,21,26-27H,3-6,11,15-17H2,1-2H3,(H,31,37)(H2,32,33,38)/t21-,26+,27+/m0/s1. The predicted octanol–water partition coefficient (Wildman–Crippen LogP) is 3.95. The molecule has 0 aromatic heterocycles. The lowest BCUT2D eigenvalue weighted by atomic mass is 9.84. The van der Waals surface area contributed by atoms with Gasteiger partial charge in [-0.05, 0) is 74.9 Å². The van der Waals surface area contributed by atoms with E-state index in [1.165, 1.54) is 32.0 Å². The third-order valence-electron chi connectivity index (χ3n) is 7.33. The molecule has 0 spiro atoms. The first kappa shape index (κ1) is 27.4. The van der Waals surface area contributed by atoms with E-state index < -0.39 is 0 Å². The van der Waals surface area contributed by atoms with Crippen LogP contribution in [0.1, 0.15) is 65.8 Å². The molecule has 2 aromatic rings. The van der Waals surface area contributed by atoms with Crippen molar-refractivity contribution in [2.75, 3.05) is 25.0 Å². The zero-order valence-corrected chi connectivity index (χ0v) is 21.9. The van der Waals surface area contributed by atoms with E-state index in [4.69, 9.17) is 0 Å². The summed E-state index contributed by atoms with van der Waals surface area (Å²) in [5, 5.41) is 8.92. The Morgan fingerprint density at radius 2 is 1.66 bits per heavy atom. The Kier molecular flexibility index (Phi) is 8.89. The lowest BCUT2D eigenvalue weighted by Crippen LogP contribution is -2.57. The summed E-state index contributed by atoms with van der Waals surface area (Å²) in [5.41, 5.74) is 2.09. The van der Waals surface area contributed by atoms with Crippen molar-refractivity contribution in [3.05, 3.63) is 65.0 Å². The number of ketones is 2. The van der Waals surface area contributed by atoms with Gasteiger partial charge in [0.05, 0.1) is 6.54 Å². The molecule has 3 N–H and O–H groups in total. The third-order valence-corrected chi connectivity index (χ3v) is 7.33. The molecule has 38 heavy (non-hydrogen) atoms. The molecule has 3 atom stereocenters. The second-order valence-corrected chi connectivity index (χ2v) is 10.5. The van der Waals surface area contributed by atoms with Crippen molar-refractivity contribution in [1.29, 1.82) is 0 Å². The summed E-state index contributed by atoms with van der Waals surface area (Å²) in [6, 6.07) is 10.5. The van der Waals surface area contributed by atoms with Gasteiger partial charge in [0.2, 0.25) is 5.91 Å². The molecule has 1 aliphatic carbocycles. The molecule has 0 radical (unpaired) electrons. The fraction of sp³-hybridized carbons (Fsp3) is 0.448. The second kappa shape index (κ2) is 12.3. The zero-order valence-electron chi connectivity index (χ0n) is 21.9. The minimum absolute atomic E-state index is 0.0342. The van der Waals surface area contributed by atoms with Gasteiger partial charge in [-0.1, -0.05) is 25.0 Å². The highest BCUT2D eigenvalue weighted by Crippen LogP contribution is 2.26. The van der Waals surface area contributed by atoms with Crippen LogP contribution < -0.4 is 16.0 Å². The number of Topliss-reactive ketones (excluding diaryl/α,β-unsaturated/α-hetero) is 2. The molecule has 0 bridgehead atoms. The summed E-state index contributed by atoms with van der Waals surface area (Å²) in [5.74, 6) is -0.510. The summed E-state index contributed by atoms with van der Waals surface area (Å²) in [4.78, 5) is 51.3. The number of piperazine rings is 1. The number of anilines is 1. The van der Waals surface area contributed by atoms with E-state index >= 15 is 0 Å². The highest BCUT2D eigenvalue weighted by atomic mass is 19.1. The van der Waals surface area contributed by atoms with Crippen molar-refractivity contribution in [1.82, 2.24) is 15.5 Å². The first-order valence-corrected chi connectivity index (χ1v) is 13.2. The summed E-state index contributed by atoms with van der Waals surface area (Å²) < 4.78 is 13.3. The van der Waals surface area contributed by atoms with Gasteiger partial charge in [0.25, 0.3) is 0 Å². The van der Waals surface area contributed by atoms with Crippen LogP contribution in [-0.2, 0) is 11.2 Å². The Bertz CT molecular complexity index is 1170. The first-order chi connectivity index (χ1) is 18.2. The number of urea groups is 1. The van der Waals surface area contributed by atoms with Crippen molar-refractivity contribution in [2.45, 2.75) is 58.0 Å². The fourth-order valence-corrected chi connectivity index (χ4v) is 5.45. The summed E-state index contributed by atoms with van der Waals surface area (Å²) in [6.45, 7) is 4.51. The van der Waals surface area contributed by atoms with E-state index in [2.05, 4.69) is 20.9 Å². The van der Waals surface area contributed by atoms with Gasteiger partial charge in [0.1, 0.15) is 5.82 Å². The van der Waals surface area contributed by atoms with E-state index in [9.17, 15) is 23.6 Å². The maximum Gasteiger partial charge on any atom is 0.319 e. The Balaban J connectivity index is 1.37. The minimum Gasteiger partial charge on any atom is -0.351 e. The lowest BCUT2D eigenvalue weighted by Gasteiger charge is -2.39. The molecule has 4 rings (SSSR count). The number of hydrogen-bond donors (Lipinski definition) is 3. The van der Waals surface area contributed by atoms with Crippen LogP contribution >= 0.6 is 0 Å². The monoisotopic (exact) mass is 522 g/mol. The Morgan fingerprint density at radius 1 is 1.00 bits per heavy atom. The number of amides is 3. The number of hydrogen-bond acceptors (Lipinski definition) is 5. The van der Waals surface area contributed by atoms with Gasteiger partial charge < -0.3 is 16.0 Å². The van der Waals surface area contributed by atoms with Crippen molar-refractivity contribution in [2.24, 2.45) is 5.92 Å². The largest absolute Gasteiger partial charge is 0.351 e. The summed E-state index contributed by atoms with van der Waals surface area (Å²) >= 11 is 0. The topological polar surface area (TPSA) is 108 Å². The van der Waals surface area contributed by atoms with Crippen molar-refractivity contribution in [3.63, 3.8) is 0 Å². The van der Waals surface area contributed by atoms with Crippen LogP contribution in [0.15, 0.2) is 42.5 Å². The quantitative estimate of drug-likeness (QED) is 0.455. The van der Waals surface area contributed by atoms with Crippen LogP contribution in [0, 0.1) is 11.7 Å². The predicted molar refractivity (Wildman–Crippen MR) is 143 cm³/mol. The molecule has 1 saturated heterocycles. The first-order valence-electron chi connectivity index (χ1n) is 13.2. The van der Waals surface area contributed by atoms with E-state index in [1.807, 2.05) is 0 Å². The van der Waals surface area contributed by atoms with Crippen LogP contribution in [0.4, 0.5) is 14.9 Å². The molecule has 1 heterocycles. The Morgan fingerprint density at radius 3 is 2.32 bits per heavy atom. The number of carbonyl (C=O) groups is 4. The summed E-state index contributed by atoms with van der Waals surface area (Å²) in [7, 11) is 0. The van der Waals surface area contributed by atoms with Gasteiger partial charge >= 0.3 is 6.03 Å². The number of carbonyl (C=O) groups excluding carboxylic acids is 4. The number of rotatable bonds is 8. The second-order valence-electron chi connectivity index (χ2n) is 10.5. The molecule has 3 amide bonds. The van der Waals surface area contributed by atoms with E-state index in [0.717, 1.165) is 31.2 Å². The van der Waals surface area contributed by atoms with Crippen LogP contribution in [0.2, 0.25) is 0 Å². The van der Waals surface area contributed by atoms with E-state index in [-0.39, 0.29) is 47.3 Å². The SMILES string of the molecule is CC(=O)c1cc(NC(=O)N[C@@H]2CCCC[C@H]2CN2CC(=O)N[C@H](Cc3ccc(F)cc3)C2)cc(C(C)=O)c1. The van der Waals surface area contributed by atoms with Crippen LogP contribution in [0.3, 0.4) is 0 Å². The lowest BCUT2D eigenvalue weighted by molar-refractivity contribution is -0.125. The number of nitrogens with zero attached hydrogens (tertiary/aromatic N) is 1. The highest BCUT2D eigenvalue weighted by Gasteiger charge is 2.32. The van der Waals surface area contributed by atoms with Gasteiger partial charge in [0.15, 0.2) is 11.6 Å². The van der Waals surface area contributed by atoms with Crippen molar-refractivity contribution in [3.8, 4) is 0 Å². The Labute approximate surface area is 222 Å². The highest BCUT2D eigenvalue weighted by molar-refractivity contribution is 6.02. The van der Waals surface area contributed by atoms with Gasteiger partial charge in [0, 0.05) is 42.0 Å². The van der Waals surface area contributed by atoms with Gasteiger partial charge in [-0.3, -0.25) is 19.3 Å². The van der Waals surface area contributed by atoms with Crippen LogP contribution in [-0.4, -0.2) is 60.1 Å².